The highest BCUT2D eigenvalue weighted by atomic mass is 16.6. The van der Waals surface area contributed by atoms with Crippen LogP contribution in [0.3, 0.4) is 0 Å². The number of hydrogen-bond acceptors (Lipinski definition) is 3. The van der Waals surface area contributed by atoms with E-state index < -0.39 is 17.6 Å². The van der Waals surface area contributed by atoms with Gasteiger partial charge in [-0.2, -0.15) is 0 Å². The van der Waals surface area contributed by atoms with E-state index >= 15 is 0 Å². The van der Waals surface area contributed by atoms with E-state index in [1.807, 2.05) is 57.2 Å². The first-order valence-corrected chi connectivity index (χ1v) is 7.98. The Hall–Kier alpha value is -2.62. The summed E-state index contributed by atoms with van der Waals surface area (Å²) < 4.78 is 5.46. The fourth-order valence-electron chi connectivity index (χ4n) is 2.25. The molecule has 4 heteroatoms. The van der Waals surface area contributed by atoms with Gasteiger partial charge in [0.25, 0.3) is 5.91 Å². The van der Waals surface area contributed by atoms with E-state index in [1.54, 1.807) is 24.3 Å². The number of rotatable bonds is 5. The maximum atomic E-state index is 12.5. The van der Waals surface area contributed by atoms with Crippen molar-refractivity contribution in [1.29, 1.82) is 0 Å². The number of carbonyl (C=O) groups excluding carboxylic acids is 2. The third-order valence-corrected chi connectivity index (χ3v) is 3.32. The van der Waals surface area contributed by atoms with Gasteiger partial charge in [0, 0.05) is 12.0 Å². The standard InChI is InChI=1S/C20H23NO3/c1-20(2,3)24-19(23)17(14-15-10-6-4-7-11-15)21-18(22)16-12-8-5-9-13-16/h4-13,17H,14H2,1-3H3,(H,21,22)/t17-/m1/s1. The maximum absolute atomic E-state index is 12.5. The van der Waals surface area contributed by atoms with Crippen molar-refractivity contribution in [2.24, 2.45) is 0 Å². The van der Waals surface area contributed by atoms with Gasteiger partial charge < -0.3 is 10.1 Å². The first kappa shape index (κ1) is 17.7. The third-order valence-electron chi connectivity index (χ3n) is 3.32. The van der Waals surface area contributed by atoms with Crippen molar-refractivity contribution >= 4 is 11.9 Å². The molecule has 0 spiro atoms. The summed E-state index contributed by atoms with van der Waals surface area (Å²) in [6.07, 6.45) is 0.383. The van der Waals surface area contributed by atoms with Gasteiger partial charge in [-0.25, -0.2) is 4.79 Å². The van der Waals surface area contributed by atoms with Gasteiger partial charge in [0.2, 0.25) is 0 Å². The molecule has 24 heavy (non-hydrogen) atoms. The molecular weight excluding hydrogens is 302 g/mol. The van der Waals surface area contributed by atoms with Gasteiger partial charge in [-0.1, -0.05) is 48.5 Å². The number of carbonyl (C=O) groups is 2. The predicted molar refractivity (Wildman–Crippen MR) is 93.7 cm³/mol. The molecule has 0 radical (unpaired) electrons. The Balaban J connectivity index is 2.15. The van der Waals surface area contributed by atoms with E-state index in [9.17, 15) is 9.59 Å². The molecule has 0 unspecified atom stereocenters. The molecule has 1 atom stereocenters. The van der Waals surface area contributed by atoms with Gasteiger partial charge in [0.1, 0.15) is 11.6 Å². The van der Waals surface area contributed by atoms with Crippen LogP contribution < -0.4 is 5.32 Å². The van der Waals surface area contributed by atoms with Crippen LogP contribution in [0, 0.1) is 0 Å². The van der Waals surface area contributed by atoms with Crippen LogP contribution in [0.25, 0.3) is 0 Å². The second kappa shape index (κ2) is 7.77. The summed E-state index contributed by atoms with van der Waals surface area (Å²) in [7, 11) is 0. The highest BCUT2D eigenvalue weighted by molar-refractivity contribution is 5.96. The lowest BCUT2D eigenvalue weighted by Gasteiger charge is -2.24. The monoisotopic (exact) mass is 325 g/mol. The van der Waals surface area contributed by atoms with Gasteiger partial charge in [-0.3, -0.25) is 4.79 Å². The summed E-state index contributed by atoms with van der Waals surface area (Å²) in [6.45, 7) is 5.43. The molecule has 0 aromatic heterocycles. The van der Waals surface area contributed by atoms with Gasteiger partial charge in [0.05, 0.1) is 0 Å². The van der Waals surface area contributed by atoms with Crippen molar-refractivity contribution < 1.29 is 14.3 Å². The van der Waals surface area contributed by atoms with Crippen molar-refractivity contribution in [1.82, 2.24) is 5.32 Å². The number of ether oxygens (including phenoxy) is 1. The molecule has 1 amide bonds. The average molecular weight is 325 g/mol. The Morgan fingerprint density at radius 2 is 1.50 bits per heavy atom. The van der Waals surface area contributed by atoms with Crippen molar-refractivity contribution in [3.05, 3.63) is 71.8 Å². The molecule has 126 valence electrons. The topological polar surface area (TPSA) is 55.4 Å². The SMILES string of the molecule is CC(C)(C)OC(=O)[C@@H](Cc1ccccc1)NC(=O)c1ccccc1. The van der Waals surface area contributed by atoms with Crippen LogP contribution in [0.4, 0.5) is 0 Å². The molecule has 2 rings (SSSR count). The van der Waals surface area contributed by atoms with Crippen molar-refractivity contribution in [2.75, 3.05) is 0 Å². The summed E-state index contributed by atoms with van der Waals surface area (Å²) >= 11 is 0. The van der Waals surface area contributed by atoms with Gasteiger partial charge in [-0.05, 0) is 38.5 Å². The lowest BCUT2D eigenvalue weighted by atomic mass is 10.0. The second-order valence-electron chi connectivity index (χ2n) is 6.62. The summed E-state index contributed by atoms with van der Waals surface area (Å²) in [5.41, 5.74) is 0.865. The first-order valence-electron chi connectivity index (χ1n) is 7.98. The molecule has 0 saturated carbocycles. The first-order chi connectivity index (χ1) is 11.3. The Kier molecular flexibility index (Phi) is 5.74. The molecule has 2 aromatic rings. The minimum atomic E-state index is -0.737. The Morgan fingerprint density at radius 3 is 2.04 bits per heavy atom. The molecule has 0 aliphatic heterocycles. The van der Waals surface area contributed by atoms with Crippen LogP contribution in [-0.2, 0) is 16.0 Å². The van der Waals surface area contributed by atoms with E-state index in [-0.39, 0.29) is 5.91 Å². The molecule has 0 aliphatic rings. The van der Waals surface area contributed by atoms with Crippen LogP contribution in [0.2, 0.25) is 0 Å². The van der Waals surface area contributed by atoms with Gasteiger partial charge >= 0.3 is 5.97 Å². The quantitative estimate of drug-likeness (QED) is 0.858. The van der Waals surface area contributed by atoms with Crippen molar-refractivity contribution in [2.45, 2.75) is 38.8 Å². The van der Waals surface area contributed by atoms with E-state index in [4.69, 9.17) is 4.74 Å². The van der Waals surface area contributed by atoms with Crippen LogP contribution in [0.1, 0.15) is 36.7 Å². The molecule has 0 fully saturated rings. The number of amides is 1. The van der Waals surface area contributed by atoms with Crippen LogP contribution in [-0.4, -0.2) is 23.5 Å². The van der Waals surface area contributed by atoms with Crippen molar-refractivity contribution in [3.63, 3.8) is 0 Å². The normalized spacial score (nSPS) is 12.3. The summed E-state index contributed by atoms with van der Waals surface area (Å²) in [5.74, 6) is -0.724. The van der Waals surface area contributed by atoms with E-state index in [1.165, 1.54) is 0 Å². The second-order valence-corrected chi connectivity index (χ2v) is 6.62. The van der Waals surface area contributed by atoms with Gasteiger partial charge in [-0.15, -0.1) is 0 Å². The molecule has 0 aliphatic carbocycles. The molecule has 0 bridgehead atoms. The number of nitrogens with one attached hydrogen (secondary N) is 1. The summed E-state index contributed by atoms with van der Waals surface area (Å²) in [6, 6.07) is 17.7. The van der Waals surface area contributed by atoms with Crippen LogP contribution >= 0.6 is 0 Å². The van der Waals surface area contributed by atoms with E-state index in [0.717, 1.165) is 5.56 Å². The molecule has 4 nitrogen and oxygen atoms in total. The zero-order valence-electron chi connectivity index (χ0n) is 14.3. The highest BCUT2D eigenvalue weighted by Crippen LogP contribution is 2.12. The Morgan fingerprint density at radius 1 is 0.958 bits per heavy atom. The Bertz CT molecular complexity index is 675. The van der Waals surface area contributed by atoms with Crippen LogP contribution in [0.5, 0.6) is 0 Å². The molecule has 1 N–H and O–H groups in total. The third kappa shape index (κ3) is 5.54. The fraction of sp³-hybridized carbons (Fsp3) is 0.300. The minimum absolute atomic E-state index is 0.289. The molecule has 0 saturated heterocycles. The lowest BCUT2D eigenvalue weighted by molar-refractivity contribution is -0.157. The largest absolute Gasteiger partial charge is 0.458 e. The van der Waals surface area contributed by atoms with E-state index in [0.29, 0.717) is 12.0 Å². The Labute approximate surface area is 142 Å². The summed E-state index contributed by atoms with van der Waals surface area (Å²) in [4.78, 5) is 24.9. The zero-order valence-corrected chi connectivity index (χ0v) is 14.3. The van der Waals surface area contributed by atoms with Gasteiger partial charge in [0.15, 0.2) is 0 Å². The lowest BCUT2D eigenvalue weighted by Crippen LogP contribution is -2.45. The molecule has 0 heterocycles. The van der Waals surface area contributed by atoms with Crippen LogP contribution in [0.15, 0.2) is 60.7 Å². The molecule has 2 aromatic carbocycles. The number of esters is 1. The minimum Gasteiger partial charge on any atom is -0.458 e. The number of benzene rings is 2. The highest BCUT2D eigenvalue weighted by Gasteiger charge is 2.27. The van der Waals surface area contributed by atoms with E-state index in [2.05, 4.69) is 5.32 Å². The maximum Gasteiger partial charge on any atom is 0.329 e. The fourth-order valence-corrected chi connectivity index (χ4v) is 2.25. The predicted octanol–water partition coefficient (Wildman–Crippen LogP) is 3.37. The number of hydrogen-bond donors (Lipinski definition) is 1. The molecular formula is C20H23NO3. The summed E-state index contributed by atoms with van der Waals surface area (Å²) in [5, 5.41) is 2.79. The smallest absolute Gasteiger partial charge is 0.329 e. The van der Waals surface area contributed by atoms with Crippen molar-refractivity contribution in [3.8, 4) is 0 Å². The average Bonchev–Trinajstić information content (AvgIpc) is 2.54. The zero-order chi connectivity index (χ0) is 17.6.